The Bertz CT molecular complexity index is 267. The smallest absolute Gasteiger partial charge is 0.129 e. The highest BCUT2D eigenvalue weighted by Gasteiger charge is 2.03. The SMILES string of the molecule is Cc1cc(F)c(CF)cc1C. The van der Waals surface area contributed by atoms with Crippen molar-refractivity contribution in [3.05, 3.63) is 34.6 Å². The summed E-state index contributed by atoms with van der Waals surface area (Å²) in [6.45, 7) is 2.92. The van der Waals surface area contributed by atoms with Crippen LogP contribution in [0.25, 0.3) is 0 Å². The first kappa shape index (κ1) is 8.18. The molecule has 0 nitrogen and oxygen atoms in total. The van der Waals surface area contributed by atoms with Crippen molar-refractivity contribution in [2.45, 2.75) is 20.5 Å². The molecule has 0 aliphatic carbocycles. The zero-order valence-corrected chi connectivity index (χ0v) is 6.62. The molecule has 1 aromatic rings. The molecule has 1 rings (SSSR count). The lowest BCUT2D eigenvalue weighted by molar-refractivity contribution is 0.463. The molecule has 0 bridgehead atoms. The highest BCUT2D eigenvalue weighted by Crippen LogP contribution is 2.15. The Morgan fingerprint density at radius 3 is 2.27 bits per heavy atom. The van der Waals surface area contributed by atoms with Gasteiger partial charge in [0, 0.05) is 5.56 Å². The van der Waals surface area contributed by atoms with Gasteiger partial charge in [-0.1, -0.05) is 6.07 Å². The third-order valence-electron chi connectivity index (χ3n) is 1.81. The fraction of sp³-hybridized carbons (Fsp3) is 0.333. The summed E-state index contributed by atoms with van der Waals surface area (Å²) in [6, 6.07) is 2.91. The maximum atomic E-state index is 12.8. The second-order valence-corrected chi connectivity index (χ2v) is 2.66. The Balaban J connectivity index is 3.21. The minimum atomic E-state index is -0.729. The number of rotatable bonds is 1. The molecule has 0 spiro atoms. The van der Waals surface area contributed by atoms with Crippen molar-refractivity contribution in [2.75, 3.05) is 0 Å². The van der Waals surface area contributed by atoms with Gasteiger partial charge in [0.25, 0.3) is 0 Å². The van der Waals surface area contributed by atoms with Gasteiger partial charge >= 0.3 is 0 Å². The number of hydrogen-bond acceptors (Lipinski definition) is 0. The first-order valence-electron chi connectivity index (χ1n) is 3.46. The van der Waals surface area contributed by atoms with Crippen molar-refractivity contribution in [3.63, 3.8) is 0 Å². The minimum Gasteiger partial charge on any atom is -0.246 e. The quantitative estimate of drug-likeness (QED) is 0.586. The van der Waals surface area contributed by atoms with E-state index in [9.17, 15) is 8.78 Å². The average Bonchev–Trinajstić information content (AvgIpc) is 1.97. The summed E-state index contributed by atoms with van der Waals surface area (Å²) in [5.74, 6) is -0.449. The van der Waals surface area contributed by atoms with Crippen molar-refractivity contribution in [2.24, 2.45) is 0 Å². The Kier molecular flexibility index (Phi) is 2.22. The van der Waals surface area contributed by atoms with E-state index in [1.807, 2.05) is 6.92 Å². The molecule has 0 heterocycles. The van der Waals surface area contributed by atoms with Crippen LogP contribution in [0.2, 0.25) is 0 Å². The van der Waals surface area contributed by atoms with Gasteiger partial charge in [-0.3, -0.25) is 0 Å². The van der Waals surface area contributed by atoms with Gasteiger partial charge in [0.1, 0.15) is 12.5 Å². The predicted molar refractivity (Wildman–Crippen MR) is 40.7 cm³/mol. The van der Waals surface area contributed by atoms with Gasteiger partial charge in [-0.2, -0.15) is 0 Å². The van der Waals surface area contributed by atoms with Crippen molar-refractivity contribution < 1.29 is 8.78 Å². The molecule has 0 N–H and O–H groups in total. The van der Waals surface area contributed by atoms with Crippen LogP contribution >= 0.6 is 0 Å². The van der Waals surface area contributed by atoms with Crippen molar-refractivity contribution in [1.29, 1.82) is 0 Å². The second-order valence-electron chi connectivity index (χ2n) is 2.66. The van der Waals surface area contributed by atoms with E-state index < -0.39 is 12.5 Å². The van der Waals surface area contributed by atoms with E-state index in [2.05, 4.69) is 0 Å². The van der Waals surface area contributed by atoms with Crippen LogP contribution in [0, 0.1) is 19.7 Å². The largest absolute Gasteiger partial charge is 0.246 e. The first-order chi connectivity index (χ1) is 5.15. The van der Waals surface area contributed by atoms with Gasteiger partial charge < -0.3 is 0 Å². The molecule has 11 heavy (non-hydrogen) atoms. The number of benzene rings is 1. The summed E-state index contributed by atoms with van der Waals surface area (Å²) in [5.41, 5.74) is 1.94. The van der Waals surface area contributed by atoms with Gasteiger partial charge in [0.15, 0.2) is 0 Å². The first-order valence-corrected chi connectivity index (χ1v) is 3.46. The third-order valence-corrected chi connectivity index (χ3v) is 1.81. The van der Waals surface area contributed by atoms with Gasteiger partial charge in [0.2, 0.25) is 0 Å². The zero-order valence-electron chi connectivity index (χ0n) is 6.62. The molecule has 1 aromatic carbocycles. The standard InChI is InChI=1S/C9H10F2/c1-6-3-8(5-10)9(11)4-7(6)2/h3-4H,5H2,1-2H3. The second kappa shape index (κ2) is 2.99. The summed E-state index contributed by atoms with van der Waals surface area (Å²) in [5, 5.41) is 0. The van der Waals surface area contributed by atoms with Crippen LogP contribution in [0.3, 0.4) is 0 Å². The summed E-state index contributed by atoms with van der Waals surface area (Å²) in [4.78, 5) is 0. The lowest BCUT2D eigenvalue weighted by Gasteiger charge is -2.02. The lowest BCUT2D eigenvalue weighted by Crippen LogP contribution is -1.90. The molecule has 0 aromatic heterocycles. The topological polar surface area (TPSA) is 0 Å². The monoisotopic (exact) mass is 156 g/mol. The van der Waals surface area contributed by atoms with Crippen LogP contribution in [0.15, 0.2) is 12.1 Å². The van der Waals surface area contributed by atoms with Crippen LogP contribution in [-0.2, 0) is 6.67 Å². The van der Waals surface area contributed by atoms with Gasteiger partial charge in [-0.25, -0.2) is 8.78 Å². The summed E-state index contributed by atoms with van der Waals surface area (Å²) in [7, 11) is 0. The van der Waals surface area contributed by atoms with E-state index in [4.69, 9.17) is 0 Å². The Labute approximate surface area is 64.9 Å². The fourth-order valence-electron chi connectivity index (χ4n) is 0.943. The summed E-state index contributed by atoms with van der Waals surface area (Å²) < 4.78 is 24.8. The number of aryl methyl sites for hydroxylation is 2. The summed E-state index contributed by atoms with van der Waals surface area (Å²) in [6.07, 6.45) is 0. The van der Waals surface area contributed by atoms with E-state index in [0.717, 1.165) is 11.1 Å². The molecule has 0 fully saturated rings. The Morgan fingerprint density at radius 1 is 1.18 bits per heavy atom. The van der Waals surface area contributed by atoms with Crippen molar-refractivity contribution in [1.82, 2.24) is 0 Å². The molecule has 0 saturated heterocycles. The normalized spacial score (nSPS) is 10.2. The Hall–Kier alpha value is -0.920. The molecule has 0 aliphatic heterocycles. The molecule has 0 unspecified atom stereocenters. The van der Waals surface area contributed by atoms with Crippen LogP contribution in [0.5, 0.6) is 0 Å². The van der Waals surface area contributed by atoms with Gasteiger partial charge in [0.05, 0.1) is 0 Å². The summed E-state index contributed by atoms with van der Waals surface area (Å²) >= 11 is 0. The molecule has 2 heteroatoms. The zero-order chi connectivity index (χ0) is 8.43. The van der Waals surface area contributed by atoms with Gasteiger partial charge in [-0.15, -0.1) is 0 Å². The average molecular weight is 156 g/mol. The molecule has 0 saturated carbocycles. The molecular formula is C9H10F2. The maximum absolute atomic E-state index is 12.8. The van der Waals surface area contributed by atoms with Crippen LogP contribution in [-0.4, -0.2) is 0 Å². The van der Waals surface area contributed by atoms with E-state index in [1.54, 1.807) is 13.0 Å². The van der Waals surface area contributed by atoms with Crippen LogP contribution in [0.1, 0.15) is 16.7 Å². The van der Waals surface area contributed by atoms with Crippen molar-refractivity contribution in [3.8, 4) is 0 Å². The number of halogens is 2. The minimum absolute atomic E-state index is 0.146. The molecule has 0 radical (unpaired) electrons. The van der Waals surface area contributed by atoms with E-state index >= 15 is 0 Å². The van der Waals surface area contributed by atoms with E-state index in [1.165, 1.54) is 6.07 Å². The third kappa shape index (κ3) is 1.56. The Morgan fingerprint density at radius 2 is 1.73 bits per heavy atom. The van der Waals surface area contributed by atoms with E-state index in [0.29, 0.717) is 0 Å². The highest BCUT2D eigenvalue weighted by atomic mass is 19.1. The predicted octanol–water partition coefficient (Wildman–Crippen LogP) is 2.91. The molecule has 0 aliphatic rings. The molecule has 0 amide bonds. The fourth-order valence-corrected chi connectivity index (χ4v) is 0.943. The van der Waals surface area contributed by atoms with Crippen LogP contribution in [0.4, 0.5) is 8.78 Å². The number of alkyl halides is 1. The van der Waals surface area contributed by atoms with Crippen LogP contribution < -0.4 is 0 Å². The molecular weight excluding hydrogens is 146 g/mol. The lowest BCUT2D eigenvalue weighted by atomic mass is 10.1. The van der Waals surface area contributed by atoms with Gasteiger partial charge in [-0.05, 0) is 31.0 Å². The number of hydrogen-bond donors (Lipinski definition) is 0. The maximum Gasteiger partial charge on any atom is 0.129 e. The highest BCUT2D eigenvalue weighted by molar-refractivity contribution is 5.30. The van der Waals surface area contributed by atoms with Crippen molar-refractivity contribution >= 4 is 0 Å². The molecule has 0 atom stereocenters. The molecule has 60 valence electrons. The van der Waals surface area contributed by atoms with E-state index in [-0.39, 0.29) is 5.56 Å².